The molecule has 0 bridgehead atoms. The van der Waals surface area contributed by atoms with Gasteiger partial charge in [0.2, 0.25) is 0 Å². The molecule has 2 N–H and O–H groups in total. The summed E-state index contributed by atoms with van der Waals surface area (Å²) in [4.78, 5) is 22.0. The van der Waals surface area contributed by atoms with Gasteiger partial charge in [-0.3, -0.25) is 15.0 Å². The lowest BCUT2D eigenvalue weighted by Gasteiger charge is -2.16. The van der Waals surface area contributed by atoms with Gasteiger partial charge in [-0.15, -0.1) is 0 Å². The van der Waals surface area contributed by atoms with Crippen LogP contribution in [-0.4, -0.2) is 34.7 Å². The molecule has 1 heterocycles. The van der Waals surface area contributed by atoms with Gasteiger partial charge >= 0.3 is 0 Å². The number of hydrogen-bond donors (Lipinski definition) is 2. The van der Waals surface area contributed by atoms with Crippen molar-refractivity contribution >= 4 is 18.1 Å². The molecule has 0 saturated heterocycles. The zero-order valence-corrected chi connectivity index (χ0v) is 12.1. The highest BCUT2D eigenvalue weighted by Crippen LogP contribution is 2.16. The fourth-order valence-electron chi connectivity index (χ4n) is 2.06. The van der Waals surface area contributed by atoms with Crippen LogP contribution >= 0.6 is 0 Å². The second-order valence-electron chi connectivity index (χ2n) is 4.48. The molecule has 6 heteroatoms. The predicted molar refractivity (Wildman–Crippen MR) is 81.5 cm³/mol. The number of amides is 1. The number of nitrogens with one attached hydrogen (secondary N) is 1. The first kappa shape index (κ1) is 14.9. The second kappa shape index (κ2) is 6.81. The second-order valence-corrected chi connectivity index (χ2v) is 4.48. The lowest BCUT2D eigenvalue weighted by Crippen LogP contribution is -2.25. The van der Waals surface area contributed by atoms with Crippen molar-refractivity contribution in [2.45, 2.75) is 20.4 Å². The molecule has 0 unspecified atom stereocenters. The lowest BCUT2D eigenvalue weighted by molar-refractivity contribution is 0.0706. The van der Waals surface area contributed by atoms with E-state index in [-0.39, 0.29) is 0 Å². The maximum atomic E-state index is 11.3. The normalized spacial score (nSPS) is 17.8. The SMILES string of the molecule is C/C=C1/N=CN(Cc2ccc(C(=O)NO)cc2)C1=NCC. The number of nitrogens with zero attached hydrogens (tertiary/aromatic N) is 3. The molecule has 0 fully saturated rings. The first-order valence-electron chi connectivity index (χ1n) is 6.75. The third kappa shape index (κ3) is 3.35. The molecule has 1 aromatic carbocycles. The van der Waals surface area contributed by atoms with Crippen LogP contribution in [0.15, 0.2) is 46.0 Å². The molecule has 1 amide bonds. The third-order valence-corrected chi connectivity index (χ3v) is 3.09. The summed E-state index contributed by atoms with van der Waals surface area (Å²) in [5.74, 6) is 0.339. The quantitative estimate of drug-likeness (QED) is 0.656. The Balaban J connectivity index is 2.13. The van der Waals surface area contributed by atoms with Crippen molar-refractivity contribution in [1.29, 1.82) is 0 Å². The van der Waals surface area contributed by atoms with Gasteiger partial charge in [-0.05, 0) is 31.5 Å². The Morgan fingerprint density at radius 1 is 1.43 bits per heavy atom. The summed E-state index contributed by atoms with van der Waals surface area (Å²) in [5.41, 5.74) is 3.92. The van der Waals surface area contributed by atoms with Gasteiger partial charge in [-0.25, -0.2) is 10.5 Å². The van der Waals surface area contributed by atoms with Gasteiger partial charge in [0, 0.05) is 12.1 Å². The van der Waals surface area contributed by atoms with E-state index in [1.54, 1.807) is 24.0 Å². The minimum atomic E-state index is -0.520. The fraction of sp³-hybridized carbons (Fsp3) is 0.267. The summed E-state index contributed by atoms with van der Waals surface area (Å²) >= 11 is 0. The summed E-state index contributed by atoms with van der Waals surface area (Å²) in [6.07, 6.45) is 3.69. The molecular formula is C15H18N4O2. The number of allylic oxidation sites excluding steroid dienone is 1. The molecule has 0 radical (unpaired) electrons. The number of aliphatic imine (C=N–C) groups is 2. The molecular weight excluding hydrogens is 268 g/mol. The van der Waals surface area contributed by atoms with Crippen molar-refractivity contribution in [2.75, 3.05) is 6.54 Å². The Kier molecular flexibility index (Phi) is 4.84. The number of hydroxylamine groups is 1. The van der Waals surface area contributed by atoms with Crippen molar-refractivity contribution in [1.82, 2.24) is 10.4 Å². The van der Waals surface area contributed by atoms with Crippen LogP contribution < -0.4 is 5.48 Å². The maximum Gasteiger partial charge on any atom is 0.274 e. The van der Waals surface area contributed by atoms with E-state index in [9.17, 15) is 4.79 Å². The third-order valence-electron chi connectivity index (χ3n) is 3.09. The Hall–Kier alpha value is -2.47. The van der Waals surface area contributed by atoms with Gasteiger partial charge in [0.15, 0.2) is 5.84 Å². The van der Waals surface area contributed by atoms with Gasteiger partial charge in [0.1, 0.15) is 5.70 Å². The van der Waals surface area contributed by atoms with Gasteiger partial charge in [0.25, 0.3) is 5.91 Å². The van der Waals surface area contributed by atoms with Crippen LogP contribution in [0.3, 0.4) is 0 Å². The highest BCUT2D eigenvalue weighted by atomic mass is 16.5. The molecule has 1 aromatic rings. The summed E-state index contributed by atoms with van der Waals surface area (Å²) in [5, 5.41) is 8.59. The average Bonchev–Trinajstić information content (AvgIpc) is 2.90. The van der Waals surface area contributed by atoms with Crippen LogP contribution in [0.4, 0.5) is 0 Å². The number of rotatable bonds is 4. The van der Waals surface area contributed by atoms with Crippen LogP contribution in [0.25, 0.3) is 0 Å². The molecule has 21 heavy (non-hydrogen) atoms. The minimum absolute atomic E-state index is 0.410. The predicted octanol–water partition coefficient (Wildman–Crippen LogP) is 1.97. The highest BCUT2D eigenvalue weighted by molar-refractivity contribution is 6.08. The molecule has 110 valence electrons. The number of amidine groups is 1. The van der Waals surface area contributed by atoms with Crippen LogP contribution in [0.1, 0.15) is 29.8 Å². The topological polar surface area (TPSA) is 77.3 Å². The van der Waals surface area contributed by atoms with E-state index >= 15 is 0 Å². The van der Waals surface area contributed by atoms with Crippen molar-refractivity contribution in [3.8, 4) is 0 Å². The molecule has 6 nitrogen and oxygen atoms in total. The maximum absolute atomic E-state index is 11.3. The molecule has 1 aliphatic rings. The van der Waals surface area contributed by atoms with E-state index in [2.05, 4.69) is 9.98 Å². The van der Waals surface area contributed by atoms with Crippen molar-refractivity contribution < 1.29 is 10.0 Å². The molecule has 0 atom stereocenters. The molecule has 0 spiro atoms. The zero-order valence-electron chi connectivity index (χ0n) is 12.1. The fourth-order valence-corrected chi connectivity index (χ4v) is 2.06. The standard InChI is InChI=1S/C15H18N4O2/c1-3-13-14(16-4-2)19(10-17-13)9-11-5-7-12(8-6-11)15(20)18-21/h3,5-8,10,21H,4,9H2,1-2H3,(H,18,20)/b13-3+,16-14?. The molecule has 1 aliphatic heterocycles. The highest BCUT2D eigenvalue weighted by Gasteiger charge is 2.19. The van der Waals surface area contributed by atoms with Crippen molar-refractivity contribution in [3.63, 3.8) is 0 Å². The van der Waals surface area contributed by atoms with E-state index in [0.717, 1.165) is 17.1 Å². The number of hydrogen-bond acceptors (Lipinski definition) is 4. The Labute approximate surface area is 123 Å². The minimum Gasteiger partial charge on any atom is -0.311 e. The van der Waals surface area contributed by atoms with Gasteiger partial charge in [0.05, 0.1) is 12.9 Å². The number of carbonyl (C=O) groups is 1. The largest absolute Gasteiger partial charge is 0.311 e. The first-order chi connectivity index (χ1) is 10.2. The molecule has 0 aliphatic carbocycles. The number of benzene rings is 1. The zero-order chi connectivity index (χ0) is 15.2. The molecule has 2 rings (SSSR count). The Morgan fingerprint density at radius 3 is 2.71 bits per heavy atom. The van der Waals surface area contributed by atoms with Gasteiger partial charge < -0.3 is 4.90 Å². The smallest absolute Gasteiger partial charge is 0.274 e. The van der Waals surface area contributed by atoms with Gasteiger partial charge in [-0.1, -0.05) is 18.2 Å². The Bertz CT molecular complexity index is 603. The summed E-state index contributed by atoms with van der Waals surface area (Å²) in [6, 6.07) is 7.02. The van der Waals surface area contributed by atoms with Crippen molar-refractivity contribution in [3.05, 3.63) is 47.2 Å². The van der Waals surface area contributed by atoms with E-state index in [4.69, 9.17) is 5.21 Å². The van der Waals surface area contributed by atoms with Crippen molar-refractivity contribution in [2.24, 2.45) is 9.98 Å². The van der Waals surface area contributed by atoms with E-state index in [1.807, 2.05) is 37.0 Å². The van der Waals surface area contributed by atoms with Gasteiger partial charge in [-0.2, -0.15) is 0 Å². The van der Waals surface area contributed by atoms with Crippen LogP contribution in [0.2, 0.25) is 0 Å². The summed E-state index contributed by atoms with van der Waals surface area (Å²) < 4.78 is 0. The molecule has 0 saturated carbocycles. The Morgan fingerprint density at radius 2 is 2.14 bits per heavy atom. The monoisotopic (exact) mass is 286 g/mol. The van der Waals surface area contributed by atoms with E-state index < -0.39 is 5.91 Å². The average molecular weight is 286 g/mol. The number of carbonyl (C=O) groups excluding carboxylic acids is 1. The molecule has 0 aromatic heterocycles. The van der Waals surface area contributed by atoms with Crippen LogP contribution in [0.5, 0.6) is 0 Å². The van der Waals surface area contributed by atoms with Crippen LogP contribution in [0, 0.1) is 0 Å². The first-order valence-corrected chi connectivity index (χ1v) is 6.75. The summed E-state index contributed by atoms with van der Waals surface area (Å²) in [7, 11) is 0. The summed E-state index contributed by atoms with van der Waals surface area (Å²) in [6.45, 7) is 5.24. The lowest BCUT2D eigenvalue weighted by atomic mass is 10.1. The van der Waals surface area contributed by atoms with E-state index in [0.29, 0.717) is 18.7 Å². The van der Waals surface area contributed by atoms with E-state index in [1.165, 1.54) is 0 Å². The van der Waals surface area contributed by atoms with Crippen LogP contribution in [-0.2, 0) is 6.54 Å².